The van der Waals surface area contributed by atoms with Crippen molar-refractivity contribution < 1.29 is 14.3 Å². The van der Waals surface area contributed by atoms with Crippen molar-refractivity contribution in [1.29, 1.82) is 0 Å². The molecular formula is C17H25NO3. The lowest BCUT2D eigenvalue weighted by Crippen LogP contribution is -2.40. The van der Waals surface area contributed by atoms with Crippen LogP contribution in [0.15, 0.2) is 24.3 Å². The Hall–Kier alpha value is -1.55. The van der Waals surface area contributed by atoms with Crippen molar-refractivity contribution in [2.45, 2.75) is 32.7 Å². The molecule has 0 aromatic heterocycles. The molecule has 1 aromatic rings. The standard InChI is InChI=1S/C17H25NO3/c1-4-18(17(19)14-8-10-21-11-9-14)13(2)15-6-5-7-16(12-15)20-3/h5-7,12-14H,4,8-11H2,1-3H3/t13-/m1/s1. The van der Waals surface area contributed by atoms with Gasteiger partial charge in [0.05, 0.1) is 13.2 Å². The summed E-state index contributed by atoms with van der Waals surface area (Å²) in [5, 5.41) is 0. The molecule has 1 amide bonds. The molecule has 1 fully saturated rings. The van der Waals surface area contributed by atoms with Crippen LogP contribution in [0, 0.1) is 5.92 Å². The fourth-order valence-corrected chi connectivity index (χ4v) is 2.88. The molecule has 1 saturated heterocycles. The van der Waals surface area contributed by atoms with Crippen molar-refractivity contribution in [3.8, 4) is 5.75 Å². The van der Waals surface area contributed by atoms with Gasteiger partial charge in [-0.25, -0.2) is 0 Å². The summed E-state index contributed by atoms with van der Waals surface area (Å²) in [7, 11) is 1.66. The summed E-state index contributed by atoms with van der Waals surface area (Å²) in [5.41, 5.74) is 1.11. The summed E-state index contributed by atoms with van der Waals surface area (Å²) in [4.78, 5) is 14.7. The topological polar surface area (TPSA) is 38.8 Å². The first kappa shape index (κ1) is 15.8. The lowest BCUT2D eigenvalue weighted by atomic mass is 9.96. The number of hydrogen-bond donors (Lipinski definition) is 0. The SMILES string of the molecule is CCN(C(=O)C1CCOCC1)[C@H](C)c1cccc(OC)c1. The fraction of sp³-hybridized carbons (Fsp3) is 0.588. The number of benzene rings is 1. The van der Waals surface area contributed by atoms with Gasteiger partial charge < -0.3 is 14.4 Å². The Labute approximate surface area is 127 Å². The molecular weight excluding hydrogens is 266 g/mol. The maximum Gasteiger partial charge on any atom is 0.226 e. The largest absolute Gasteiger partial charge is 0.497 e. The molecule has 0 saturated carbocycles. The van der Waals surface area contributed by atoms with Gasteiger partial charge in [0.25, 0.3) is 0 Å². The highest BCUT2D eigenvalue weighted by Gasteiger charge is 2.28. The van der Waals surface area contributed by atoms with Crippen LogP contribution in [0.4, 0.5) is 0 Å². The van der Waals surface area contributed by atoms with E-state index in [0.717, 1.165) is 24.2 Å². The first-order valence-corrected chi connectivity index (χ1v) is 7.69. The molecule has 0 bridgehead atoms. The van der Waals surface area contributed by atoms with E-state index in [9.17, 15) is 4.79 Å². The van der Waals surface area contributed by atoms with Crippen LogP contribution in [0.5, 0.6) is 5.75 Å². The predicted octanol–water partition coefficient (Wildman–Crippen LogP) is 3.03. The molecule has 116 valence electrons. The van der Waals surface area contributed by atoms with Crippen molar-refractivity contribution in [2.24, 2.45) is 5.92 Å². The van der Waals surface area contributed by atoms with E-state index >= 15 is 0 Å². The van der Waals surface area contributed by atoms with Crippen molar-refractivity contribution in [3.63, 3.8) is 0 Å². The summed E-state index contributed by atoms with van der Waals surface area (Å²) < 4.78 is 10.6. The summed E-state index contributed by atoms with van der Waals surface area (Å²) in [6.45, 7) is 6.22. The third kappa shape index (κ3) is 3.76. The maximum absolute atomic E-state index is 12.7. The van der Waals surface area contributed by atoms with Crippen LogP contribution in [0.1, 0.15) is 38.3 Å². The van der Waals surface area contributed by atoms with Crippen LogP contribution < -0.4 is 4.74 Å². The third-order valence-electron chi connectivity index (χ3n) is 4.24. The van der Waals surface area contributed by atoms with Gasteiger partial charge in [-0.1, -0.05) is 12.1 Å². The normalized spacial score (nSPS) is 17.3. The van der Waals surface area contributed by atoms with E-state index in [2.05, 4.69) is 6.92 Å². The van der Waals surface area contributed by atoms with E-state index in [1.165, 1.54) is 0 Å². The molecule has 1 atom stereocenters. The summed E-state index contributed by atoms with van der Waals surface area (Å²) in [5.74, 6) is 1.18. The van der Waals surface area contributed by atoms with Gasteiger partial charge in [0.1, 0.15) is 5.75 Å². The van der Waals surface area contributed by atoms with Crippen LogP contribution in [0.3, 0.4) is 0 Å². The van der Waals surface area contributed by atoms with Crippen molar-refractivity contribution in [3.05, 3.63) is 29.8 Å². The molecule has 4 nitrogen and oxygen atoms in total. The van der Waals surface area contributed by atoms with E-state index in [1.54, 1.807) is 7.11 Å². The lowest BCUT2D eigenvalue weighted by molar-refractivity contribution is -0.140. The highest BCUT2D eigenvalue weighted by Crippen LogP contribution is 2.27. The monoisotopic (exact) mass is 291 g/mol. The number of carbonyl (C=O) groups is 1. The Bertz CT molecular complexity index is 469. The zero-order chi connectivity index (χ0) is 15.2. The van der Waals surface area contributed by atoms with Crippen molar-refractivity contribution in [1.82, 2.24) is 4.90 Å². The lowest BCUT2D eigenvalue weighted by Gasteiger charge is -2.33. The predicted molar refractivity (Wildman–Crippen MR) is 82.3 cm³/mol. The summed E-state index contributed by atoms with van der Waals surface area (Å²) in [6, 6.07) is 8.00. The van der Waals surface area contributed by atoms with Crippen molar-refractivity contribution in [2.75, 3.05) is 26.9 Å². The van der Waals surface area contributed by atoms with E-state index in [-0.39, 0.29) is 17.9 Å². The Morgan fingerprint density at radius 3 is 2.76 bits per heavy atom. The minimum Gasteiger partial charge on any atom is -0.497 e. The van der Waals surface area contributed by atoms with Gasteiger partial charge in [0.2, 0.25) is 5.91 Å². The zero-order valence-corrected chi connectivity index (χ0v) is 13.2. The molecule has 1 aromatic carbocycles. The number of carbonyl (C=O) groups excluding carboxylic acids is 1. The molecule has 0 N–H and O–H groups in total. The van der Waals surface area contributed by atoms with Crippen LogP contribution in [0.2, 0.25) is 0 Å². The Morgan fingerprint density at radius 2 is 2.14 bits per heavy atom. The summed E-state index contributed by atoms with van der Waals surface area (Å²) in [6.07, 6.45) is 1.67. The molecule has 0 aliphatic carbocycles. The minimum absolute atomic E-state index is 0.0560. The Balaban J connectivity index is 2.13. The first-order valence-electron chi connectivity index (χ1n) is 7.69. The highest BCUT2D eigenvalue weighted by molar-refractivity contribution is 5.79. The molecule has 0 radical (unpaired) electrons. The van der Waals surface area contributed by atoms with Gasteiger partial charge in [-0.2, -0.15) is 0 Å². The Kier molecular flexibility index (Phi) is 5.62. The number of nitrogens with zero attached hydrogens (tertiary/aromatic N) is 1. The number of ether oxygens (including phenoxy) is 2. The van der Waals surface area contributed by atoms with Crippen molar-refractivity contribution >= 4 is 5.91 Å². The van der Waals surface area contributed by atoms with Crippen LogP contribution >= 0.6 is 0 Å². The number of amides is 1. The molecule has 2 rings (SSSR count). The third-order valence-corrected chi connectivity index (χ3v) is 4.24. The average molecular weight is 291 g/mol. The summed E-state index contributed by atoms with van der Waals surface area (Å²) >= 11 is 0. The van der Waals surface area contributed by atoms with Gasteiger partial charge in [0, 0.05) is 25.7 Å². The molecule has 21 heavy (non-hydrogen) atoms. The van der Waals surface area contributed by atoms with E-state index in [4.69, 9.17) is 9.47 Å². The molecule has 0 spiro atoms. The number of rotatable bonds is 5. The second kappa shape index (κ2) is 7.46. The molecule has 4 heteroatoms. The second-order valence-corrected chi connectivity index (χ2v) is 5.46. The van der Waals surface area contributed by atoms with Gasteiger partial charge >= 0.3 is 0 Å². The maximum atomic E-state index is 12.7. The Morgan fingerprint density at radius 1 is 1.43 bits per heavy atom. The quantitative estimate of drug-likeness (QED) is 0.837. The van der Waals surface area contributed by atoms with Gasteiger partial charge in [-0.3, -0.25) is 4.79 Å². The molecule has 1 aliphatic heterocycles. The van der Waals surface area contributed by atoms with E-state index in [1.807, 2.05) is 36.1 Å². The van der Waals surface area contributed by atoms with Crippen LogP contribution in [-0.2, 0) is 9.53 Å². The minimum atomic E-state index is 0.0560. The van der Waals surface area contributed by atoms with Gasteiger partial charge in [-0.05, 0) is 44.4 Å². The van der Waals surface area contributed by atoms with E-state index in [0.29, 0.717) is 19.8 Å². The average Bonchev–Trinajstić information content (AvgIpc) is 2.56. The molecule has 0 unspecified atom stereocenters. The zero-order valence-electron chi connectivity index (χ0n) is 13.2. The second-order valence-electron chi connectivity index (χ2n) is 5.46. The highest BCUT2D eigenvalue weighted by atomic mass is 16.5. The van der Waals surface area contributed by atoms with E-state index < -0.39 is 0 Å². The fourth-order valence-electron chi connectivity index (χ4n) is 2.88. The number of methoxy groups -OCH3 is 1. The van der Waals surface area contributed by atoms with Crippen LogP contribution in [-0.4, -0.2) is 37.7 Å². The van der Waals surface area contributed by atoms with Gasteiger partial charge in [0.15, 0.2) is 0 Å². The molecule has 1 heterocycles. The number of hydrogen-bond acceptors (Lipinski definition) is 3. The van der Waals surface area contributed by atoms with Gasteiger partial charge in [-0.15, -0.1) is 0 Å². The first-order chi connectivity index (χ1) is 10.2. The molecule has 1 aliphatic rings. The smallest absolute Gasteiger partial charge is 0.226 e. The van der Waals surface area contributed by atoms with Crippen LogP contribution in [0.25, 0.3) is 0 Å².